The molecule has 0 spiro atoms. The van der Waals surface area contributed by atoms with Crippen molar-refractivity contribution in [1.82, 2.24) is 10.2 Å². The molecule has 0 aromatic carbocycles. The lowest BCUT2D eigenvalue weighted by Crippen LogP contribution is -2.37. The van der Waals surface area contributed by atoms with Crippen molar-refractivity contribution in [2.75, 3.05) is 33.4 Å². The molecule has 0 aromatic rings. The highest BCUT2D eigenvalue weighted by Gasteiger charge is 2.32. The summed E-state index contributed by atoms with van der Waals surface area (Å²) in [5, 5.41) is 3.21. The lowest BCUT2D eigenvalue weighted by molar-refractivity contribution is -0.134. The molecule has 2 saturated heterocycles. The fourth-order valence-corrected chi connectivity index (χ4v) is 2.18. The summed E-state index contributed by atoms with van der Waals surface area (Å²) in [4.78, 5) is 13.9. The van der Waals surface area contributed by atoms with Crippen LogP contribution in [0, 0.1) is 5.92 Å². The van der Waals surface area contributed by atoms with Crippen LogP contribution in [0.15, 0.2) is 0 Å². The molecular formula is C10H18N2O2. The first-order chi connectivity index (χ1) is 6.81. The quantitative estimate of drug-likeness (QED) is 0.670. The maximum Gasteiger partial charge on any atom is 0.228 e. The minimum atomic E-state index is 0.130. The van der Waals surface area contributed by atoms with E-state index in [2.05, 4.69) is 5.32 Å². The zero-order valence-electron chi connectivity index (χ0n) is 8.66. The van der Waals surface area contributed by atoms with E-state index in [1.807, 2.05) is 11.9 Å². The molecule has 2 fully saturated rings. The van der Waals surface area contributed by atoms with Gasteiger partial charge in [0, 0.05) is 25.7 Å². The molecule has 4 heteroatoms. The number of hydrogen-bond donors (Lipinski definition) is 1. The average molecular weight is 198 g/mol. The number of ether oxygens (including phenoxy) is 1. The van der Waals surface area contributed by atoms with Gasteiger partial charge in [-0.05, 0) is 19.9 Å². The Hall–Kier alpha value is -0.610. The van der Waals surface area contributed by atoms with Crippen molar-refractivity contribution in [1.29, 1.82) is 0 Å². The van der Waals surface area contributed by atoms with E-state index in [1.165, 1.54) is 0 Å². The monoisotopic (exact) mass is 198 g/mol. The predicted molar refractivity (Wildman–Crippen MR) is 53.0 cm³/mol. The van der Waals surface area contributed by atoms with Crippen molar-refractivity contribution < 1.29 is 9.53 Å². The summed E-state index contributed by atoms with van der Waals surface area (Å²) in [6.07, 6.45) is 1.98. The van der Waals surface area contributed by atoms with Gasteiger partial charge in [0.05, 0.1) is 12.5 Å². The molecule has 1 unspecified atom stereocenters. The number of rotatable bonds is 2. The number of nitrogens with one attached hydrogen (secondary N) is 1. The molecule has 0 saturated carbocycles. The van der Waals surface area contributed by atoms with Crippen LogP contribution in [0.4, 0.5) is 0 Å². The van der Waals surface area contributed by atoms with E-state index in [0.29, 0.717) is 18.6 Å². The van der Waals surface area contributed by atoms with Gasteiger partial charge in [0.1, 0.15) is 0 Å². The van der Waals surface area contributed by atoms with Crippen LogP contribution in [0.25, 0.3) is 0 Å². The van der Waals surface area contributed by atoms with Crippen molar-refractivity contribution in [2.24, 2.45) is 5.92 Å². The Bertz CT molecular complexity index is 214. The van der Waals surface area contributed by atoms with Gasteiger partial charge in [0.25, 0.3) is 0 Å². The third-order valence-electron chi connectivity index (χ3n) is 3.19. The lowest BCUT2D eigenvalue weighted by Gasteiger charge is -2.19. The minimum Gasteiger partial charge on any atom is -0.381 e. The Morgan fingerprint density at radius 1 is 1.50 bits per heavy atom. The SMILES string of the molecule is CN[C@@H]1CCN(C(=O)C2CCOC2)C1. The Morgan fingerprint density at radius 3 is 2.93 bits per heavy atom. The second-order valence-electron chi connectivity index (χ2n) is 4.12. The zero-order valence-corrected chi connectivity index (χ0v) is 8.66. The highest BCUT2D eigenvalue weighted by Crippen LogP contribution is 2.18. The highest BCUT2D eigenvalue weighted by atomic mass is 16.5. The predicted octanol–water partition coefficient (Wildman–Crippen LogP) is -0.157. The smallest absolute Gasteiger partial charge is 0.228 e. The molecule has 14 heavy (non-hydrogen) atoms. The molecule has 2 heterocycles. The Morgan fingerprint density at radius 2 is 2.36 bits per heavy atom. The van der Waals surface area contributed by atoms with Crippen LogP contribution in [0.1, 0.15) is 12.8 Å². The maximum atomic E-state index is 11.9. The van der Waals surface area contributed by atoms with E-state index >= 15 is 0 Å². The molecule has 2 aliphatic rings. The number of hydrogen-bond acceptors (Lipinski definition) is 3. The second-order valence-corrected chi connectivity index (χ2v) is 4.12. The summed E-state index contributed by atoms with van der Waals surface area (Å²) < 4.78 is 5.23. The van der Waals surface area contributed by atoms with Crippen LogP contribution in [-0.4, -0.2) is 50.2 Å². The van der Waals surface area contributed by atoms with Crippen molar-refractivity contribution in [3.8, 4) is 0 Å². The van der Waals surface area contributed by atoms with E-state index < -0.39 is 0 Å². The summed E-state index contributed by atoms with van der Waals surface area (Å²) in [7, 11) is 1.96. The van der Waals surface area contributed by atoms with E-state index in [9.17, 15) is 4.79 Å². The topological polar surface area (TPSA) is 41.6 Å². The minimum absolute atomic E-state index is 0.130. The fraction of sp³-hybridized carbons (Fsp3) is 0.900. The zero-order chi connectivity index (χ0) is 9.97. The molecule has 1 N–H and O–H groups in total. The summed E-state index contributed by atoms with van der Waals surface area (Å²) in [6.45, 7) is 3.14. The van der Waals surface area contributed by atoms with Crippen LogP contribution in [0.2, 0.25) is 0 Å². The number of carbonyl (C=O) groups is 1. The van der Waals surface area contributed by atoms with Gasteiger partial charge < -0.3 is 15.0 Å². The molecule has 2 atom stereocenters. The van der Waals surface area contributed by atoms with Crippen LogP contribution in [0.3, 0.4) is 0 Å². The van der Waals surface area contributed by atoms with Gasteiger partial charge in [-0.3, -0.25) is 4.79 Å². The first kappa shape index (κ1) is 9.93. The highest BCUT2D eigenvalue weighted by molar-refractivity contribution is 5.79. The maximum absolute atomic E-state index is 11.9. The van der Waals surface area contributed by atoms with Gasteiger partial charge in [-0.25, -0.2) is 0 Å². The van der Waals surface area contributed by atoms with Gasteiger partial charge in [-0.1, -0.05) is 0 Å². The second kappa shape index (κ2) is 4.28. The van der Waals surface area contributed by atoms with Gasteiger partial charge in [0.15, 0.2) is 0 Å². The first-order valence-electron chi connectivity index (χ1n) is 5.35. The molecule has 0 radical (unpaired) electrons. The Kier molecular flexibility index (Phi) is 3.03. The summed E-state index contributed by atoms with van der Waals surface area (Å²) in [5.41, 5.74) is 0. The molecule has 0 aromatic heterocycles. The molecule has 2 aliphatic heterocycles. The van der Waals surface area contributed by atoms with E-state index in [4.69, 9.17) is 4.74 Å². The Labute approximate surface area is 84.6 Å². The standard InChI is InChI=1S/C10H18N2O2/c1-11-9-2-4-12(6-9)10(13)8-3-5-14-7-8/h8-9,11H,2-7H2,1H3/t8?,9-/m1/s1. The van der Waals surface area contributed by atoms with Gasteiger partial charge in [0.2, 0.25) is 5.91 Å². The van der Waals surface area contributed by atoms with Crippen molar-refractivity contribution in [3.63, 3.8) is 0 Å². The number of likely N-dealkylation sites (N-methyl/N-ethyl adjacent to an activating group) is 1. The van der Waals surface area contributed by atoms with Gasteiger partial charge >= 0.3 is 0 Å². The summed E-state index contributed by atoms with van der Waals surface area (Å²) in [6, 6.07) is 0.487. The number of nitrogens with zero attached hydrogens (tertiary/aromatic N) is 1. The largest absolute Gasteiger partial charge is 0.381 e. The lowest BCUT2D eigenvalue weighted by atomic mass is 10.1. The first-order valence-corrected chi connectivity index (χ1v) is 5.35. The molecule has 4 nitrogen and oxygen atoms in total. The van der Waals surface area contributed by atoms with Gasteiger partial charge in [-0.15, -0.1) is 0 Å². The molecule has 1 amide bonds. The van der Waals surface area contributed by atoms with Crippen LogP contribution in [0.5, 0.6) is 0 Å². The van der Waals surface area contributed by atoms with E-state index in [0.717, 1.165) is 32.5 Å². The van der Waals surface area contributed by atoms with Gasteiger partial charge in [-0.2, -0.15) is 0 Å². The third kappa shape index (κ3) is 1.91. The van der Waals surface area contributed by atoms with E-state index in [-0.39, 0.29) is 5.92 Å². The number of carbonyl (C=O) groups excluding carboxylic acids is 1. The number of amides is 1. The summed E-state index contributed by atoms with van der Waals surface area (Å²) in [5.74, 6) is 0.422. The van der Waals surface area contributed by atoms with Crippen LogP contribution >= 0.6 is 0 Å². The van der Waals surface area contributed by atoms with Crippen LogP contribution in [-0.2, 0) is 9.53 Å². The summed E-state index contributed by atoms with van der Waals surface area (Å²) >= 11 is 0. The van der Waals surface area contributed by atoms with Crippen LogP contribution < -0.4 is 5.32 Å². The van der Waals surface area contributed by atoms with Crippen molar-refractivity contribution in [3.05, 3.63) is 0 Å². The average Bonchev–Trinajstić information content (AvgIpc) is 2.88. The molecule has 0 aliphatic carbocycles. The molecule has 80 valence electrons. The van der Waals surface area contributed by atoms with Crippen molar-refractivity contribution >= 4 is 5.91 Å². The molecule has 0 bridgehead atoms. The normalized spacial score (nSPS) is 32.5. The van der Waals surface area contributed by atoms with E-state index in [1.54, 1.807) is 0 Å². The molecule has 2 rings (SSSR count). The number of likely N-dealkylation sites (tertiary alicyclic amines) is 1. The van der Waals surface area contributed by atoms with Crippen molar-refractivity contribution in [2.45, 2.75) is 18.9 Å². The fourth-order valence-electron chi connectivity index (χ4n) is 2.18. The Balaban J connectivity index is 1.86. The third-order valence-corrected chi connectivity index (χ3v) is 3.19. The molecular weight excluding hydrogens is 180 g/mol.